The Bertz CT molecular complexity index is 343. The predicted octanol–water partition coefficient (Wildman–Crippen LogP) is 3.34. The molecule has 3 unspecified atom stereocenters. The highest BCUT2D eigenvalue weighted by Crippen LogP contribution is 2.47. The molecule has 1 aliphatic carbocycles. The van der Waals surface area contributed by atoms with Gasteiger partial charge in [0.25, 0.3) is 0 Å². The minimum Gasteiger partial charge on any atom is -0.313 e. The molecule has 0 aromatic heterocycles. The first kappa shape index (κ1) is 10.7. The zero-order chi connectivity index (χ0) is 11.0. The number of hydrogen-bond donors (Lipinski definition) is 1. The molecule has 0 radical (unpaired) electrons. The Morgan fingerprint density at radius 2 is 1.73 bits per heavy atom. The van der Waals surface area contributed by atoms with Crippen LogP contribution in [0.5, 0.6) is 0 Å². The van der Waals surface area contributed by atoms with Crippen LogP contribution in [0.2, 0.25) is 0 Å². The highest BCUT2D eigenvalue weighted by molar-refractivity contribution is 5.39. The predicted molar refractivity (Wildman–Crippen MR) is 65.0 cm³/mol. The summed E-state index contributed by atoms with van der Waals surface area (Å²) in [6.07, 6.45) is 0. The Balaban J connectivity index is 2.46. The normalized spacial score (nSPS) is 29.5. The molecule has 15 heavy (non-hydrogen) atoms. The van der Waals surface area contributed by atoms with E-state index in [4.69, 9.17) is 0 Å². The van der Waals surface area contributed by atoms with Crippen LogP contribution in [0.3, 0.4) is 0 Å². The molecule has 3 atom stereocenters. The molecule has 82 valence electrons. The Labute approximate surface area is 92.9 Å². The van der Waals surface area contributed by atoms with Crippen molar-refractivity contribution < 1.29 is 0 Å². The van der Waals surface area contributed by atoms with E-state index in [1.54, 1.807) is 5.56 Å². The van der Waals surface area contributed by atoms with Gasteiger partial charge < -0.3 is 5.32 Å². The molecule has 2 rings (SSSR count). The van der Waals surface area contributed by atoms with E-state index in [2.05, 4.69) is 57.4 Å². The fraction of sp³-hybridized carbons (Fsp3) is 0.571. The third kappa shape index (κ3) is 1.59. The summed E-state index contributed by atoms with van der Waals surface area (Å²) in [5, 5.41) is 3.45. The van der Waals surface area contributed by atoms with Gasteiger partial charge in [0, 0.05) is 6.04 Å². The lowest BCUT2D eigenvalue weighted by molar-refractivity contribution is 0.328. The van der Waals surface area contributed by atoms with Crippen molar-refractivity contribution in [3.8, 4) is 0 Å². The zero-order valence-electron chi connectivity index (χ0n) is 10.1. The molecule has 1 N–H and O–H groups in total. The summed E-state index contributed by atoms with van der Waals surface area (Å²) in [5.74, 6) is 2.13. The molecule has 0 spiro atoms. The molecule has 0 saturated heterocycles. The van der Waals surface area contributed by atoms with Crippen molar-refractivity contribution in [2.75, 3.05) is 7.05 Å². The summed E-state index contributed by atoms with van der Waals surface area (Å²) >= 11 is 0. The molecule has 0 bridgehead atoms. The van der Waals surface area contributed by atoms with Gasteiger partial charge in [-0.1, -0.05) is 45.0 Å². The van der Waals surface area contributed by atoms with Gasteiger partial charge in [0.15, 0.2) is 0 Å². The standard InChI is InChI=1S/C14H21N/c1-9(2)13-10(3)14(15-4)12-8-6-5-7-11(12)13/h5-10,13-15H,1-4H3. The minimum absolute atomic E-state index is 0.536. The summed E-state index contributed by atoms with van der Waals surface area (Å²) in [7, 11) is 2.07. The fourth-order valence-electron chi connectivity index (χ4n) is 3.26. The molecule has 1 aliphatic rings. The topological polar surface area (TPSA) is 12.0 Å². The van der Waals surface area contributed by atoms with Gasteiger partial charge in [-0.05, 0) is 35.9 Å². The second-order valence-electron chi connectivity index (χ2n) is 5.02. The lowest BCUT2D eigenvalue weighted by Crippen LogP contribution is -2.22. The van der Waals surface area contributed by atoms with Crippen LogP contribution in [0.15, 0.2) is 24.3 Å². The van der Waals surface area contributed by atoms with Crippen LogP contribution in [-0.4, -0.2) is 7.05 Å². The molecule has 0 amide bonds. The van der Waals surface area contributed by atoms with Crippen molar-refractivity contribution in [3.05, 3.63) is 35.4 Å². The maximum atomic E-state index is 3.45. The molecule has 0 saturated carbocycles. The van der Waals surface area contributed by atoms with Crippen LogP contribution in [0.1, 0.15) is 43.9 Å². The van der Waals surface area contributed by atoms with Crippen molar-refractivity contribution in [2.45, 2.75) is 32.7 Å². The lowest BCUT2D eigenvalue weighted by Gasteiger charge is -2.24. The van der Waals surface area contributed by atoms with Gasteiger partial charge in [0.05, 0.1) is 0 Å². The quantitative estimate of drug-likeness (QED) is 0.777. The van der Waals surface area contributed by atoms with Crippen LogP contribution in [0.25, 0.3) is 0 Å². The van der Waals surface area contributed by atoms with Crippen LogP contribution in [-0.2, 0) is 0 Å². The van der Waals surface area contributed by atoms with Crippen molar-refractivity contribution in [3.63, 3.8) is 0 Å². The number of nitrogens with one attached hydrogen (secondary N) is 1. The second kappa shape index (κ2) is 3.97. The van der Waals surface area contributed by atoms with E-state index >= 15 is 0 Å². The van der Waals surface area contributed by atoms with Gasteiger partial charge in [-0.2, -0.15) is 0 Å². The maximum absolute atomic E-state index is 3.45. The minimum atomic E-state index is 0.536. The van der Waals surface area contributed by atoms with Gasteiger partial charge in [-0.3, -0.25) is 0 Å². The van der Waals surface area contributed by atoms with Crippen LogP contribution >= 0.6 is 0 Å². The first-order valence-electron chi connectivity index (χ1n) is 5.93. The monoisotopic (exact) mass is 203 g/mol. The zero-order valence-corrected chi connectivity index (χ0v) is 10.1. The summed E-state index contributed by atoms with van der Waals surface area (Å²) in [4.78, 5) is 0. The van der Waals surface area contributed by atoms with Crippen LogP contribution in [0, 0.1) is 11.8 Å². The number of rotatable bonds is 2. The van der Waals surface area contributed by atoms with Crippen molar-refractivity contribution in [1.82, 2.24) is 5.32 Å². The fourth-order valence-corrected chi connectivity index (χ4v) is 3.26. The van der Waals surface area contributed by atoms with Crippen molar-refractivity contribution in [1.29, 1.82) is 0 Å². The van der Waals surface area contributed by atoms with Crippen molar-refractivity contribution in [2.24, 2.45) is 11.8 Å². The Kier molecular flexibility index (Phi) is 2.83. The van der Waals surface area contributed by atoms with Gasteiger partial charge in [0.1, 0.15) is 0 Å². The van der Waals surface area contributed by atoms with E-state index in [1.165, 1.54) is 5.56 Å². The molecule has 0 fully saturated rings. The first-order chi connectivity index (χ1) is 7.16. The van der Waals surface area contributed by atoms with Gasteiger partial charge >= 0.3 is 0 Å². The summed E-state index contributed by atoms with van der Waals surface area (Å²) < 4.78 is 0. The lowest BCUT2D eigenvalue weighted by atomic mass is 9.83. The van der Waals surface area contributed by atoms with Gasteiger partial charge in [-0.15, -0.1) is 0 Å². The molecule has 1 aromatic carbocycles. The molecule has 0 aliphatic heterocycles. The number of hydrogen-bond acceptors (Lipinski definition) is 1. The smallest absolute Gasteiger partial charge is 0.0352 e. The van der Waals surface area contributed by atoms with E-state index in [0.29, 0.717) is 17.9 Å². The molecule has 1 aromatic rings. The molecule has 1 nitrogen and oxygen atoms in total. The number of benzene rings is 1. The Morgan fingerprint density at radius 3 is 2.27 bits per heavy atom. The second-order valence-corrected chi connectivity index (χ2v) is 5.02. The first-order valence-corrected chi connectivity index (χ1v) is 5.93. The van der Waals surface area contributed by atoms with E-state index < -0.39 is 0 Å². The van der Waals surface area contributed by atoms with Crippen molar-refractivity contribution >= 4 is 0 Å². The molecular weight excluding hydrogens is 182 g/mol. The molecular formula is C14H21N. The Morgan fingerprint density at radius 1 is 1.13 bits per heavy atom. The average molecular weight is 203 g/mol. The third-order valence-corrected chi connectivity index (χ3v) is 3.81. The van der Waals surface area contributed by atoms with E-state index in [1.807, 2.05) is 0 Å². The SMILES string of the molecule is CNC1c2ccccc2C(C(C)C)C1C. The average Bonchev–Trinajstić information content (AvgIpc) is 2.49. The highest BCUT2D eigenvalue weighted by atomic mass is 14.9. The van der Waals surface area contributed by atoms with E-state index in [0.717, 1.165) is 5.92 Å². The van der Waals surface area contributed by atoms with Crippen LogP contribution < -0.4 is 5.32 Å². The summed E-state index contributed by atoms with van der Waals surface area (Å²) in [5.41, 5.74) is 3.06. The summed E-state index contributed by atoms with van der Waals surface area (Å²) in [6.45, 7) is 7.03. The number of fused-ring (bicyclic) bond motifs is 1. The van der Waals surface area contributed by atoms with Crippen LogP contribution in [0.4, 0.5) is 0 Å². The molecule has 0 heterocycles. The highest BCUT2D eigenvalue weighted by Gasteiger charge is 2.37. The van der Waals surface area contributed by atoms with Gasteiger partial charge in [-0.25, -0.2) is 0 Å². The van der Waals surface area contributed by atoms with E-state index in [-0.39, 0.29) is 0 Å². The molecule has 1 heteroatoms. The third-order valence-electron chi connectivity index (χ3n) is 3.81. The maximum Gasteiger partial charge on any atom is 0.0352 e. The van der Waals surface area contributed by atoms with E-state index in [9.17, 15) is 0 Å². The van der Waals surface area contributed by atoms with Gasteiger partial charge in [0.2, 0.25) is 0 Å². The Hall–Kier alpha value is -0.820. The summed E-state index contributed by atoms with van der Waals surface area (Å²) in [6, 6.07) is 9.43. The largest absolute Gasteiger partial charge is 0.313 e.